The summed E-state index contributed by atoms with van der Waals surface area (Å²) in [6.07, 6.45) is 1.03. The first-order valence-electron chi connectivity index (χ1n) is 9.83. The number of aryl methyl sites for hydroxylation is 2. The van der Waals surface area contributed by atoms with Gasteiger partial charge in [-0.25, -0.2) is 4.98 Å². The van der Waals surface area contributed by atoms with Gasteiger partial charge in [0.2, 0.25) is 5.91 Å². The molecule has 4 rings (SSSR count). The van der Waals surface area contributed by atoms with E-state index in [9.17, 15) is 18.0 Å². The number of hydrogen-bond donors (Lipinski definition) is 0. The highest BCUT2D eigenvalue weighted by Gasteiger charge is 2.36. The summed E-state index contributed by atoms with van der Waals surface area (Å²) < 4.78 is 45.7. The highest BCUT2D eigenvalue weighted by molar-refractivity contribution is 5.81. The average Bonchev–Trinajstić information content (AvgIpc) is 3.12. The van der Waals surface area contributed by atoms with Crippen LogP contribution in [0.4, 0.5) is 13.2 Å². The first kappa shape index (κ1) is 20.3. The van der Waals surface area contributed by atoms with Gasteiger partial charge in [0.15, 0.2) is 0 Å². The van der Waals surface area contributed by atoms with Crippen LogP contribution in [0.2, 0.25) is 0 Å². The number of piperidine rings is 1. The normalized spacial score (nSPS) is 15.7. The first-order valence-corrected chi connectivity index (χ1v) is 9.83. The number of amides is 1. The largest absolute Gasteiger partial charge is 0.417 e. The molecule has 9 heteroatoms. The van der Waals surface area contributed by atoms with E-state index in [0.29, 0.717) is 44.5 Å². The van der Waals surface area contributed by atoms with Gasteiger partial charge in [0.25, 0.3) is 5.71 Å². The lowest BCUT2D eigenvalue weighted by molar-refractivity contribution is -0.136. The maximum atomic E-state index is 13.6. The van der Waals surface area contributed by atoms with Gasteiger partial charge in [0, 0.05) is 43.5 Å². The van der Waals surface area contributed by atoms with Crippen molar-refractivity contribution in [3.05, 3.63) is 53.1 Å². The van der Waals surface area contributed by atoms with Crippen LogP contribution in [-0.2, 0) is 17.4 Å². The smallest absolute Gasteiger partial charge is 0.343 e. The third-order valence-corrected chi connectivity index (χ3v) is 5.59. The fourth-order valence-electron chi connectivity index (χ4n) is 3.93. The molecule has 0 saturated carbocycles. The van der Waals surface area contributed by atoms with Crippen molar-refractivity contribution in [1.29, 1.82) is 0 Å². The lowest BCUT2D eigenvalue weighted by Crippen LogP contribution is -2.38. The molecule has 1 saturated heterocycles. The minimum absolute atomic E-state index is 0.0514. The van der Waals surface area contributed by atoms with Crippen molar-refractivity contribution in [2.75, 3.05) is 13.1 Å². The van der Waals surface area contributed by atoms with Crippen LogP contribution in [0, 0.1) is 6.92 Å². The van der Waals surface area contributed by atoms with Gasteiger partial charge in [-0.15, -0.1) is 0 Å². The Morgan fingerprint density at radius 1 is 1.23 bits per heavy atom. The van der Waals surface area contributed by atoms with E-state index in [2.05, 4.69) is 15.1 Å². The molecule has 1 aliphatic heterocycles. The number of pyridine rings is 2. The molecule has 0 unspecified atom stereocenters. The second-order valence-electron chi connectivity index (χ2n) is 7.55. The summed E-state index contributed by atoms with van der Waals surface area (Å²) in [6, 6.07) is 4.87. The number of likely N-dealkylation sites (tertiary alicyclic amines) is 1. The fraction of sp³-hybridized carbons (Fsp3) is 0.429. The molecule has 0 atom stereocenters. The summed E-state index contributed by atoms with van der Waals surface area (Å²) in [6.45, 7) is 2.46. The molecule has 1 fully saturated rings. The summed E-state index contributed by atoms with van der Waals surface area (Å²) in [4.78, 5) is 22.5. The maximum absolute atomic E-state index is 13.6. The molecule has 0 bridgehead atoms. The molecular formula is C21H21F3N4O2. The Bertz CT molecular complexity index is 1040. The van der Waals surface area contributed by atoms with Crippen molar-refractivity contribution in [2.24, 2.45) is 0 Å². The molecule has 3 aromatic rings. The van der Waals surface area contributed by atoms with E-state index in [1.54, 1.807) is 17.3 Å². The Morgan fingerprint density at radius 2 is 1.93 bits per heavy atom. The van der Waals surface area contributed by atoms with Crippen LogP contribution in [0.25, 0.3) is 11.1 Å². The van der Waals surface area contributed by atoms with Gasteiger partial charge in [-0.3, -0.25) is 9.78 Å². The topological polar surface area (TPSA) is 72.1 Å². The zero-order valence-corrected chi connectivity index (χ0v) is 16.4. The molecule has 1 aliphatic rings. The number of hydrogen-bond acceptors (Lipinski definition) is 5. The number of fused-ring (bicyclic) bond motifs is 1. The zero-order valence-electron chi connectivity index (χ0n) is 16.4. The first-order chi connectivity index (χ1) is 14.3. The van der Waals surface area contributed by atoms with Crippen molar-refractivity contribution in [2.45, 2.75) is 44.7 Å². The van der Waals surface area contributed by atoms with Gasteiger partial charge in [-0.05, 0) is 49.9 Å². The average molecular weight is 418 g/mol. The third kappa shape index (κ3) is 4.15. The van der Waals surface area contributed by atoms with Crippen LogP contribution >= 0.6 is 0 Å². The van der Waals surface area contributed by atoms with Crippen LogP contribution in [-0.4, -0.2) is 39.0 Å². The molecule has 158 valence electrons. The van der Waals surface area contributed by atoms with Crippen LogP contribution < -0.4 is 0 Å². The summed E-state index contributed by atoms with van der Waals surface area (Å²) in [5.41, 5.74) is 0.707. The second-order valence-corrected chi connectivity index (χ2v) is 7.55. The molecule has 1 amide bonds. The van der Waals surface area contributed by atoms with Gasteiger partial charge >= 0.3 is 6.18 Å². The van der Waals surface area contributed by atoms with Crippen LogP contribution in [0.3, 0.4) is 0 Å². The molecular weight excluding hydrogens is 397 g/mol. The molecule has 0 spiro atoms. The fourth-order valence-corrected chi connectivity index (χ4v) is 3.93. The summed E-state index contributed by atoms with van der Waals surface area (Å²) in [7, 11) is 0. The minimum atomic E-state index is -4.52. The Balaban J connectivity index is 1.44. The molecule has 6 nitrogen and oxygen atoms in total. The predicted octanol–water partition coefficient (Wildman–Crippen LogP) is 4.28. The number of halogens is 3. The van der Waals surface area contributed by atoms with Crippen molar-refractivity contribution >= 4 is 17.0 Å². The van der Waals surface area contributed by atoms with E-state index in [4.69, 9.17) is 4.52 Å². The number of aromatic nitrogens is 3. The number of carbonyl (C=O) groups is 1. The SMILES string of the molecule is Cc1noc2nc(C3CCN(C(=O)CCc4ccncc4)CC3)cc(C(F)(F)F)c12. The molecule has 4 heterocycles. The van der Waals surface area contributed by atoms with E-state index in [1.807, 2.05) is 12.1 Å². The maximum Gasteiger partial charge on any atom is 0.417 e. The monoisotopic (exact) mass is 418 g/mol. The van der Waals surface area contributed by atoms with E-state index >= 15 is 0 Å². The van der Waals surface area contributed by atoms with Gasteiger partial charge < -0.3 is 9.42 Å². The van der Waals surface area contributed by atoms with E-state index in [1.165, 1.54) is 6.92 Å². The molecule has 30 heavy (non-hydrogen) atoms. The van der Waals surface area contributed by atoms with Gasteiger partial charge in [-0.2, -0.15) is 13.2 Å². The third-order valence-electron chi connectivity index (χ3n) is 5.59. The zero-order chi connectivity index (χ0) is 21.3. The summed E-state index contributed by atoms with van der Waals surface area (Å²) >= 11 is 0. The predicted molar refractivity (Wildman–Crippen MR) is 103 cm³/mol. The number of carbonyl (C=O) groups excluding carboxylic acids is 1. The second kappa shape index (κ2) is 8.04. The lowest BCUT2D eigenvalue weighted by Gasteiger charge is -2.32. The summed E-state index contributed by atoms with van der Waals surface area (Å²) in [5, 5.41) is 3.55. The number of nitrogens with zero attached hydrogens (tertiary/aromatic N) is 4. The van der Waals surface area contributed by atoms with E-state index < -0.39 is 11.7 Å². The Kier molecular flexibility index (Phi) is 5.44. The van der Waals surface area contributed by atoms with Gasteiger partial charge in [0.05, 0.1) is 16.6 Å². The van der Waals surface area contributed by atoms with Crippen molar-refractivity contribution < 1.29 is 22.5 Å². The molecule has 0 N–H and O–H groups in total. The lowest BCUT2D eigenvalue weighted by atomic mass is 9.91. The molecule has 3 aromatic heterocycles. The van der Waals surface area contributed by atoms with Crippen LogP contribution in [0.1, 0.15) is 47.7 Å². The molecule has 0 aromatic carbocycles. The van der Waals surface area contributed by atoms with Crippen LogP contribution in [0.5, 0.6) is 0 Å². The minimum Gasteiger partial charge on any atom is -0.343 e. The van der Waals surface area contributed by atoms with Gasteiger partial charge in [0.1, 0.15) is 0 Å². The Labute approximate surface area is 171 Å². The van der Waals surface area contributed by atoms with Crippen molar-refractivity contribution in [3.63, 3.8) is 0 Å². The highest BCUT2D eigenvalue weighted by Crippen LogP contribution is 2.38. The standard InChI is InChI=1S/C21H21F3N4O2/c1-13-19-16(21(22,23)24)12-17(26-20(19)30-27-13)15-6-10-28(11-7-15)18(29)3-2-14-4-8-25-9-5-14/h4-5,8-9,12,15H,2-3,6-7,10-11H2,1H3. The summed E-state index contributed by atoms with van der Waals surface area (Å²) in [5.74, 6) is -0.110. The van der Waals surface area contributed by atoms with E-state index in [0.717, 1.165) is 11.6 Å². The molecule has 0 radical (unpaired) electrons. The Hall–Kier alpha value is -2.97. The van der Waals surface area contributed by atoms with Crippen LogP contribution in [0.15, 0.2) is 35.1 Å². The number of rotatable bonds is 4. The number of alkyl halides is 3. The van der Waals surface area contributed by atoms with Crippen molar-refractivity contribution in [3.8, 4) is 0 Å². The Morgan fingerprint density at radius 3 is 2.60 bits per heavy atom. The van der Waals surface area contributed by atoms with Crippen molar-refractivity contribution in [1.82, 2.24) is 20.0 Å². The molecule has 0 aliphatic carbocycles. The quantitative estimate of drug-likeness (QED) is 0.632. The van der Waals surface area contributed by atoms with Gasteiger partial charge in [-0.1, -0.05) is 5.16 Å². The highest BCUT2D eigenvalue weighted by atomic mass is 19.4. The van der Waals surface area contributed by atoms with E-state index in [-0.39, 0.29) is 28.6 Å².